The van der Waals surface area contributed by atoms with Crippen LogP contribution < -0.4 is 0 Å². The van der Waals surface area contributed by atoms with Crippen LogP contribution in [0.1, 0.15) is 32.6 Å². The van der Waals surface area contributed by atoms with Crippen LogP contribution >= 0.6 is 15.9 Å². The Morgan fingerprint density at radius 2 is 2.16 bits per heavy atom. The molecule has 4 nitrogen and oxygen atoms in total. The lowest BCUT2D eigenvalue weighted by molar-refractivity contribution is 0.407. The van der Waals surface area contributed by atoms with E-state index >= 15 is 0 Å². The lowest BCUT2D eigenvalue weighted by Gasteiger charge is -2.20. The van der Waals surface area contributed by atoms with E-state index in [1.807, 2.05) is 0 Å². The zero-order chi connectivity index (χ0) is 13.9. The van der Waals surface area contributed by atoms with E-state index in [1.54, 1.807) is 16.6 Å². The van der Waals surface area contributed by atoms with Gasteiger partial charge in [-0.2, -0.15) is 4.31 Å². The highest BCUT2D eigenvalue weighted by Gasteiger charge is 2.27. The van der Waals surface area contributed by atoms with Crippen LogP contribution in [0.3, 0.4) is 0 Å². The van der Waals surface area contributed by atoms with Crippen LogP contribution in [0.5, 0.6) is 0 Å². The molecule has 106 valence electrons. The van der Waals surface area contributed by atoms with Crippen LogP contribution in [0, 0.1) is 5.92 Å². The second-order valence-electron chi connectivity index (χ2n) is 4.95. The van der Waals surface area contributed by atoms with Gasteiger partial charge in [0, 0.05) is 30.0 Å². The summed E-state index contributed by atoms with van der Waals surface area (Å²) in [5.74, 6) is 0.654. The summed E-state index contributed by atoms with van der Waals surface area (Å²) >= 11 is 3.27. The third-order valence-electron chi connectivity index (χ3n) is 3.70. The maximum absolute atomic E-state index is 12.6. The van der Waals surface area contributed by atoms with Crippen molar-refractivity contribution >= 4 is 26.0 Å². The molecule has 0 N–H and O–H groups in total. The van der Waals surface area contributed by atoms with Gasteiger partial charge in [0.25, 0.3) is 0 Å². The van der Waals surface area contributed by atoms with E-state index in [0.29, 0.717) is 23.5 Å². The lowest BCUT2D eigenvalue weighted by atomic mass is 9.98. The molecular weight excluding hydrogens is 328 g/mol. The second-order valence-corrected chi connectivity index (χ2v) is 7.80. The van der Waals surface area contributed by atoms with Gasteiger partial charge >= 0.3 is 0 Å². The largest absolute Gasteiger partial charge is 0.262 e. The topological polar surface area (TPSA) is 50.3 Å². The number of halogens is 1. The molecule has 6 heteroatoms. The van der Waals surface area contributed by atoms with Gasteiger partial charge in [-0.25, -0.2) is 8.42 Å². The van der Waals surface area contributed by atoms with Crippen molar-refractivity contribution in [3.05, 3.63) is 22.9 Å². The molecule has 1 unspecified atom stereocenters. The average Bonchev–Trinajstić information content (AvgIpc) is 2.64. The molecule has 0 spiro atoms. The van der Waals surface area contributed by atoms with Crippen molar-refractivity contribution in [2.24, 2.45) is 5.92 Å². The molecule has 0 radical (unpaired) electrons. The maximum Gasteiger partial charge on any atom is 0.244 e. The number of nitrogens with zero attached hydrogens (tertiary/aromatic N) is 2. The monoisotopic (exact) mass is 346 g/mol. The van der Waals surface area contributed by atoms with Gasteiger partial charge in [0.05, 0.1) is 0 Å². The Balaban J connectivity index is 2.20. The standard InChI is InChI=1S/C13H19BrN2O2S/c1-2-11-4-3-6-16(7-5-11)19(17,18)13-8-12(14)9-15-10-13/h8-11H,2-7H2,1H3. The zero-order valence-electron chi connectivity index (χ0n) is 11.0. The number of sulfonamides is 1. The Labute approximate surface area is 123 Å². The number of pyridine rings is 1. The van der Waals surface area contributed by atoms with Crippen LogP contribution in [-0.4, -0.2) is 30.8 Å². The Morgan fingerprint density at radius 1 is 1.37 bits per heavy atom. The summed E-state index contributed by atoms with van der Waals surface area (Å²) in [4.78, 5) is 4.22. The van der Waals surface area contributed by atoms with E-state index in [0.717, 1.165) is 25.7 Å². The minimum absolute atomic E-state index is 0.275. The SMILES string of the molecule is CCC1CCCN(S(=O)(=O)c2cncc(Br)c2)CC1. The van der Waals surface area contributed by atoms with Crippen molar-refractivity contribution in [3.8, 4) is 0 Å². The molecule has 19 heavy (non-hydrogen) atoms. The lowest BCUT2D eigenvalue weighted by Crippen LogP contribution is -2.32. The van der Waals surface area contributed by atoms with Crippen molar-refractivity contribution in [3.63, 3.8) is 0 Å². The van der Waals surface area contributed by atoms with Crippen molar-refractivity contribution < 1.29 is 8.42 Å². The highest BCUT2D eigenvalue weighted by Crippen LogP contribution is 2.25. The summed E-state index contributed by atoms with van der Waals surface area (Å²) in [6.45, 7) is 3.41. The molecule has 1 fully saturated rings. The maximum atomic E-state index is 12.6. The van der Waals surface area contributed by atoms with Gasteiger partial charge in [-0.1, -0.05) is 13.3 Å². The van der Waals surface area contributed by atoms with Crippen molar-refractivity contribution in [1.82, 2.24) is 9.29 Å². The highest BCUT2D eigenvalue weighted by molar-refractivity contribution is 9.10. The average molecular weight is 347 g/mol. The smallest absolute Gasteiger partial charge is 0.244 e. The van der Waals surface area contributed by atoms with Gasteiger partial charge in [-0.3, -0.25) is 4.98 Å². The highest BCUT2D eigenvalue weighted by atomic mass is 79.9. The van der Waals surface area contributed by atoms with Gasteiger partial charge in [0.15, 0.2) is 0 Å². The van der Waals surface area contributed by atoms with E-state index in [2.05, 4.69) is 27.8 Å². The van der Waals surface area contributed by atoms with Crippen LogP contribution in [0.4, 0.5) is 0 Å². The summed E-state index contributed by atoms with van der Waals surface area (Å²) in [6.07, 6.45) is 7.17. The third-order valence-corrected chi connectivity index (χ3v) is 6.00. The summed E-state index contributed by atoms with van der Waals surface area (Å²) in [5, 5.41) is 0. The Hall–Kier alpha value is -0.460. The first-order valence-electron chi connectivity index (χ1n) is 6.64. The van der Waals surface area contributed by atoms with Crippen molar-refractivity contribution in [2.75, 3.05) is 13.1 Å². The second kappa shape index (κ2) is 6.33. The molecule has 1 aliphatic rings. The minimum atomic E-state index is -3.40. The molecule has 2 rings (SSSR count). The predicted octanol–water partition coefficient (Wildman–Crippen LogP) is 3.04. The summed E-state index contributed by atoms with van der Waals surface area (Å²) in [6, 6.07) is 1.62. The molecule has 1 aliphatic heterocycles. The first kappa shape index (κ1) is 14.9. The Kier molecular flexibility index (Phi) is 4.97. The number of hydrogen-bond acceptors (Lipinski definition) is 3. The normalized spacial score (nSPS) is 22.1. The quantitative estimate of drug-likeness (QED) is 0.844. The molecule has 1 saturated heterocycles. The molecule has 0 aromatic carbocycles. The van der Waals surface area contributed by atoms with Crippen LogP contribution in [-0.2, 0) is 10.0 Å². The predicted molar refractivity (Wildman–Crippen MR) is 78.3 cm³/mol. The molecule has 0 saturated carbocycles. The van der Waals surface area contributed by atoms with E-state index in [1.165, 1.54) is 6.20 Å². The molecule has 2 heterocycles. The number of aromatic nitrogens is 1. The van der Waals surface area contributed by atoms with Crippen LogP contribution in [0.25, 0.3) is 0 Å². The van der Waals surface area contributed by atoms with Gasteiger partial charge in [0.2, 0.25) is 10.0 Å². The van der Waals surface area contributed by atoms with E-state index in [-0.39, 0.29) is 4.90 Å². The van der Waals surface area contributed by atoms with Crippen LogP contribution in [0.15, 0.2) is 27.8 Å². The van der Waals surface area contributed by atoms with Crippen molar-refractivity contribution in [2.45, 2.75) is 37.5 Å². The summed E-state index contributed by atoms with van der Waals surface area (Å²) in [5.41, 5.74) is 0. The van der Waals surface area contributed by atoms with Gasteiger partial charge in [0.1, 0.15) is 4.90 Å². The fourth-order valence-corrected chi connectivity index (χ4v) is 4.47. The van der Waals surface area contributed by atoms with Gasteiger partial charge in [-0.15, -0.1) is 0 Å². The molecule has 1 atom stereocenters. The minimum Gasteiger partial charge on any atom is -0.262 e. The molecule has 1 aromatic rings. The molecule has 0 bridgehead atoms. The van der Waals surface area contributed by atoms with Crippen LogP contribution in [0.2, 0.25) is 0 Å². The first-order chi connectivity index (χ1) is 9.04. The first-order valence-corrected chi connectivity index (χ1v) is 8.88. The van der Waals surface area contributed by atoms with Gasteiger partial charge in [-0.05, 0) is 47.2 Å². The number of rotatable bonds is 3. The van der Waals surface area contributed by atoms with E-state index in [9.17, 15) is 8.42 Å². The molecule has 0 amide bonds. The zero-order valence-corrected chi connectivity index (χ0v) is 13.5. The Morgan fingerprint density at radius 3 is 2.84 bits per heavy atom. The Bertz CT molecular complexity index is 533. The molecular formula is C13H19BrN2O2S. The van der Waals surface area contributed by atoms with Crippen molar-refractivity contribution in [1.29, 1.82) is 0 Å². The number of hydrogen-bond donors (Lipinski definition) is 0. The summed E-state index contributed by atoms with van der Waals surface area (Å²) < 4.78 is 27.4. The summed E-state index contributed by atoms with van der Waals surface area (Å²) in [7, 11) is -3.40. The van der Waals surface area contributed by atoms with Gasteiger partial charge < -0.3 is 0 Å². The fraction of sp³-hybridized carbons (Fsp3) is 0.615. The molecule has 1 aromatic heterocycles. The fourth-order valence-electron chi connectivity index (χ4n) is 2.47. The van der Waals surface area contributed by atoms with E-state index in [4.69, 9.17) is 0 Å². The molecule has 0 aliphatic carbocycles. The van der Waals surface area contributed by atoms with E-state index < -0.39 is 10.0 Å². The third kappa shape index (κ3) is 3.55.